The number of aromatic nitrogens is 2. The number of benzene rings is 2. The van der Waals surface area contributed by atoms with Crippen molar-refractivity contribution in [2.75, 3.05) is 11.9 Å². The Hall–Kier alpha value is -2.19. The summed E-state index contributed by atoms with van der Waals surface area (Å²) in [6.45, 7) is 2.03. The van der Waals surface area contributed by atoms with Crippen LogP contribution in [0.2, 0.25) is 5.02 Å². The Morgan fingerprint density at radius 2 is 2.07 bits per heavy atom. The summed E-state index contributed by atoms with van der Waals surface area (Å²) in [5.74, 6) is 0.300. The number of anilines is 1. The van der Waals surface area contributed by atoms with E-state index < -0.39 is 0 Å². The van der Waals surface area contributed by atoms with Crippen molar-refractivity contribution in [3.8, 4) is 5.75 Å². The minimum Gasteiger partial charge on any atom is -0.485 e. The molecule has 28 heavy (non-hydrogen) atoms. The zero-order valence-corrected chi connectivity index (χ0v) is 17.2. The lowest BCUT2D eigenvalue weighted by Gasteiger charge is -2.17. The second-order valence-electron chi connectivity index (χ2n) is 6.08. The van der Waals surface area contributed by atoms with Crippen molar-refractivity contribution in [3.05, 3.63) is 68.6 Å². The van der Waals surface area contributed by atoms with E-state index in [0.29, 0.717) is 20.8 Å². The van der Waals surface area contributed by atoms with Gasteiger partial charge in [0.2, 0.25) is 5.01 Å². The molecule has 0 bridgehead atoms. The molecule has 6 nitrogen and oxygen atoms in total. The highest BCUT2D eigenvalue weighted by atomic mass is 35.5. The Bertz CT molecular complexity index is 980. The van der Waals surface area contributed by atoms with Crippen LogP contribution in [0.4, 0.5) is 5.69 Å². The van der Waals surface area contributed by atoms with Crippen molar-refractivity contribution in [1.29, 1.82) is 0 Å². The first-order chi connectivity index (χ1) is 13.2. The fraction of sp³-hybridized carbons (Fsp3) is 0.211. The topological polar surface area (TPSA) is 76.1 Å². The lowest BCUT2D eigenvalue weighted by Crippen LogP contribution is -2.23. The maximum Gasteiger partial charge on any atom is 0.286 e. The summed E-state index contributed by atoms with van der Waals surface area (Å²) in [5, 5.41) is 15.7. The molecule has 0 spiro atoms. The van der Waals surface area contributed by atoms with E-state index >= 15 is 0 Å². The number of hydrogen-bond donors (Lipinski definition) is 2. The number of nitrogens with one attached hydrogen (secondary N) is 2. The predicted molar refractivity (Wildman–Crippen MR) is 113 cm³/mol. The van der Waals surface area contributed by atoms with Gasteiger partial charge in [0, 0.05) is 12.2 Å². The summed E-state index contributed by atoms with van der Waals surface area (Å²) in [6, 6.07) is 13.2. The Labute approximate surface area is 177 Å². The van der Waals surface area contributed by atoms with Crippen LogP contribution in [0.1, 0.15) is 25.9 Å². The van der Waals surface area contributed by atoms with Crippen LogP contribution in [0.5, 0.6) is 5.75 Å². The molecular formula is C19H18Cl2N4O2S. The molecule has 0 saturated heterocycles. The van der Waals surface area contributed by atoms with Gasteiger partial charge in [0.05, 0.1) is 5.02 Å². The quantitative estimate of drug-likeness (QED) is 0.629. The van der Waals surface area contributed by atoms with E-state index in [-0.39, 0.29) is 24.9 Å². The molecule has 9 heteroatoms. The highest BCUT2D eigenvalue weighted by molar-refractivity contribution is 7.13. The zero-order chi connectivity index (χ0) is 18.6. The number of amides is 1. The summed E-state index contributed by atoms with van der Waals surface area (Å²) < 4.78 is 5.63. The van der Waals surface area contributed by atoms with Crippen LogP contribution in [-0.2, 0) is 19.6 Å². The molecule has 2 aromatic carbocycles. The van der Waals surface area contributed by atoms with Gasteiger partial charge >= 0.3 is 0 Å². The lowest BCUT2D eigenvalue weighted by molar-refractivity contribution is 0.102. The van der Waals surface area contributed by atoms with Crippen molar-refractivity contribution < 1.29 is 9.53 Å². The van der Waals surface area contributed by atoms with Gasteiger partial charge in [0.25, 0.3) is 5.91 Å². The summed E-state index contributed by atoms with van der Waals surface area (Å²) in [6.07, 6.45) is 0.960. The molecule has 0 fully saturated rings. The number of hydrogen-bond acceptors (Lipinski definition) is 6. The van der Waals surface area contributed by atoms with Gasteiger partial charge in [-0.05, 0) is 48.4 Å². The molecule has 2 N–H and O–H groups in total. The largest absolute Gasteiger partial charge is 0.485 e. The van der Waals surface area contributed by atoms with Crippen molar-refractivity contribution in [2.45, 2.75) is 19.6 Å². The Morgan fingerprint density at radius 3 is 2.93 bits per heavy atom. The molecular weight excluding hydrogens is 419 g/mol. The van der Waals surface area contributed by atoms with Crippen LogP contribution in [0, 0.1) is 0 Å². The van der Waals surface area contributed by atoms with E-state index in [1.54, 1.807) is 12.1 Å². The number of fused-ring (bicyclic) bond motifs is 1. The summed E-state index contributed by atoms with van der Waals surface area (Å²) >= 11 is 7.26. The first-order valence-electron chi connectivity index (χ1n) is 8.52. The fourth-order valence-corrected chi connectivity index (χ4v) is 3.68. The maximum absolute atomic E-state index is 12.4. The second-order valence-corrected chi connectivity index (χ2v) is 7.55. The molecule has 1 aromatic heterocycles. The molecule has 3 aromatic rings. The molecule has 4 rings (SSSR count). The molecule has 146 valence electrons. The van der Waals surface area contributed by atoms with Gasteiger partial charge in [-0.15, -0.1) is 22.6 Å². The van der Waals surface area contributed by atoms with Crippen LogP contribution in [0.25, 0.3) is 0 Å². The van der Waals surface area contributed by atoms with Crippen molar-refractivity contribution in [3.63, 3.8) is 0 Å². The van der Waals surface area contributed by atoms with E-state index in [4.69, 9.17) is 16.3 Å². The van der Waals surface area contributed by atoms with Gasteiger partial charge < -0.3 is 15.4 Å². The molecule has 1 aliphatic rings. The SMILES string of the molecule is Cl.O=C(Nc1ccc2c(c1)CCNC2)c1nnc(COc2ccccc2Cl)s1. The highest BCUT2D eigenvalue weighted by Crippen LogP contribution is 2.25. The number of carbonyl (C=O) groups is 1. The average Bonchev–Trinajstić information content (AvgIpc) is 3.16. The Morgan fingerprint density at radius 1 is 1.21 bits per heavy atom. The van der Waals surface area contributed by atoms with Gasteiger partial charge in [-0.2, -0.15) is 0 Å². The van der Waals surface area contributed by atoms with Crippen LogP contribution in [0.15, 0.2) is 42.5 Å². The van der Waals surface area contributed by atoms with Crippen LogP contribution in [-0.4, -0.2) is 22.6 Å². The van der Waals surface area contributed by atoms with Gasteiger partial charge in [0.15, 0.2) is 5.01 Å². The third-order valence-corrected chi connectivity index (χ3v) is 5.41. The molecule has 0 unspecified atom stereocenters. The van der Waals surface area contributed by atoms with Crippen LogP contribution in [0.3, 0.4) is 0 Å². The number of para-hydroxylation sites is 1. The van der Waals surface area contributed by atoms with Crippen LogP contribution >= 0.6 is 35.3 Å². The molecule has 0 aliphatic carbocycles. The average molecular weight is 437 g/mol. The number of carbonyl (C=O) groups excluding carboxylic acids is 1. The van der Waals surface area contributed by atoms with E-state index in [1.807, 2.05) is 30.3 Å². The number of halogens is 2. The minimum absolute atomic E-state index is 0. The standard InChI is InChI=1S/C19H17ClN4O2S.ClH/c20-15-3-1-2-4-16(15)26-11-17-23-24-19(27-17)18(25)22-14-6-5-13-10-21-8-7-12(13)9-14;/h1-6,9,21H,7-8,10-11H2,(H,22,25);1H. The third kappa shape index (κ3) is 4.80. The Balaban J connectivity index is 0.00000225. The van der Waals surface area contributed by atoms with Crippen molar-refractivity contribution in [2.24, 2.45) is 0 Å². The van der Waals surface area contributed by atoms with Gasteiger partial charge in [-0.25, -0.2) is 0 Å². The summed E-state index contributed by atoms with van der Waals surface area (Å²) in [4.78, 5) is 12.4. The molecule has 1 amide bonds. The van der Waals surface area contributed by atoms with E-state index in [9.17, 15) is 4.79 Å². The van der Waals surface area contributed by atoms with Crippen LogP contribution < -0.4 is 15.4 Å². The van der Waals surface area contributed by atoms with E-state index in [2.05, 4.69) is 20.8 Å². The first kappa shape index (κ1) is 20.5. The van der Waals surface area contributed by atoms with E-state index in [0.717, 1.165) is 25.2 Å². The van der Waals surface area contributed by atoms with Gasteiger partial charge in [-0.1, -0.05) is 41.1 Å². The lowest BCUT2D eigenvalue weighted by atomic mass is 10.0. The first-order valence-corrected chi connectivity index (χ1v) is 9.72. The molecule has 0 radical (unpaired) electrons. The molecule has 0 saturated carbocycles. The predicted octanol–water partition coefficient (Wildman–Crippen LogP) is 4.09. The minimum atomic E-state index is -0.273. The van der Waals surface area contributed by atoms with Crippen molar-refractivity contribution in [1.82, 2.24) is 15.5 Å². The fourth-order valence-electron chi connectivity index (χ4n) is 2.84. The van der Waals surface area contributed by atoms with Gasteiger partial charge in [-0.3, -0.25) is 4.79 Å². The number of nitrogens with zero attached hydrogens (tertiary/aromatic N) is 2. The van der Waals surface area contributed by atoms with Gasteiger partial charge in [0.1, 0.15) is 12.4 Å². The molecule has 1 aliphatic heterocycles. The molecule has 0 atom stereocenters. The monoisotopic (exact) mass is 436 g/mol. The third-order valence-electron chi connectivity index (χ3n) is 4.20. The smallest absolute Gasteiger partial charge is 0.286 e. The highest BCUT2D eigenvalue weighted by Gasteiger charge is 2.15. The summed E-state index contributed by atoms with van der Waals surface area (Å²) in [5.41, 5.74) is 3.30. The number of ether oxygens (including phenoxy) is 1. The van der Waals surface area contributed by atoms with E-state index in [1.165, 1.54) is 22.5 Å². The second kappa shape index (κ2) is 9.34. The maximum atomic E-state index is 12.4. The summed E-state index contributed by atoms with van der Waals surface area (Å²) in [7, 11) is 0. The zero-order valence-electron chi connectivity index (χ0n) is 14.8. The Kier molecular flexibility index (Phi) is 6.85. The molecule has 2 heterocycles. The normalized spacial score (nSPS) is 12.6. The van der Waals surface area contributed by atoms with Crippen molar-refractivity contribution >= 4 is 46.9 Å². The number of rotatable bonds is 5.